The van der Waals surface area contributed by atoms with Gasteiger partial charge in [-0.15, -0.1) is 0 Å². The summed E-state index contributed by atoms with van der Waals surface area (Å²) in [6.45, 7) is 0.246. The number of ketones is 1. The zero-order valence-electron chi connectivity index (χ0n) is 8.42. The van der Waals surface area contributed by atoms with Gasteiger partial charge in [-0.2, -0.15) is 0 Å². The second-order valence-electron chi connectivity index (χ2n) is 3.74. The number of aromatic nitrogens is 4. The van der Waals surface area contributed by atoms with E-state index in [-0.39, 0.29) is 24.9 Å². The monoisotopic (exact) mass is 241 g/mol. The molecule has 2 aliphatic heterocycles. The van der Waals surface area contributed by atoms with Crippen molar-refractivity contribution in [3.63, 3.8) is 0 Å². The molecule has 3 heterocycles. The van der Waals surface area contributed by atoms with Crippen LogP contribution < -0.4 is 0 Å². The lowest BCUT2D eigenvalue weighted by Gasteiger charge is -2.23. The molecule has 17 heavy (non-hydrogen) atoms. The molecule has 0 N–H and O–H groups in total. The fraction of sp³-hybridized carbons (Fsp3) is 0.714. The van der Waals surface area contributed by atoms with Gasteiger partial charge in [-0.1, -0.05) is 4.80 Å². The molecular formula is C7H7N5O5. The first-order valence-corrected chi connectivity index (χ1v) is 4.89. The molecule has 2 aliphatic rings. The van der Waals surface area contributed by atoms with E-state index in [1.54, 1.807) is 0 Å². The van der Waals surface area contributed by atoms with Crippen LogP contribution in [0.15, 0.2) is 0 Å². The molecule has 2 fully saturated rings. The van der Waals surface area contributed by atoms with Crippen molar-refractivity contribution >= 4 is 11.7 Å². The van der Waals surface area contributed by atoms with E-state index in [2.05, 4.69) is 15.4 Å². The van der Waals surface area contributed by atoms with E-state index in [9.17, 15) is 14.9 Å². The van der Waals surface area contributed by atoms with Crippen LogP contribution in [0.4, 0.5) is 5.95 Å². The molecule has 0 amide bonds. The van der Waals surface area contributed by atoms with Crippen LogP contribution in [0.25, 0.3) is 0 Å². The molecule has 0 saturated carbocycles. The standard InChI is InChI=1S/C7H7N5O5/c13-4-1-3(5-2-16-6(4)17-5)11-9-7(8-10-11)12(14)15/h3,5-6H,1-2H2/t3-,5-,6-/m1/s1. The Morgan fingerprint density at radius 2 is 2.35 bits per heavy atom. The van der Waals surface area contributed by atoms with Crippen molar-refractivity contribution in [2.24, 2.45) is 0 Å². The van der Waals surface area contributed by atoms with Crippen LogP contribution in [0, 0.1) is 10.1 Å². The van der Waals surface area contributed by atoms with Gasteiger partial charge in [0, 0.05) is 11.6 Å². The van der Waals surface area contributed by atoms with Crippen molar-refractivity contribution in [1.82, 2.24) is 20.2 Å². The van der Waals surface area contributed by atoms with Crippen LogP contribution in [0.5, 0.6) is 0 Å². The van der Waals surface area contributed by atoms with Crippen LogP contribution in [0.1, 0.15) is 12.5 Å². The Balaban J connectivity index is 1.87. The smallest absolute Gasteiger partial charge is 0.390 e. The van der Waals surface area contributed by atoms with Crippen molar-refractivity contribution < 1.29 is 19.2 Å². The Labute approximate surface area is 93.6 Å². The van der Waals surface area contributed by atoms with E-state index in [0.717, 1.165) is 4.80 Å². The molecule has 0 radical (unpaired) electrons. The number of nitrogens with zero attached hydrogens (tertiary/aromatic N) is 5. The molecule has 10 heteroatoms. The first-order chi connectivity index (χ1) is 8.15. The van der Waals surface area contributed by atoms with Gasteiger partial charge in [0.1, 0.15) is 12.1 Å². The molecule has 1 aromatic heterocycles. The van der Waals surface area contributed by atoms with Crippen molar-refractivity contribution in [2.75, 3.05) is 6.61 Å². The topological polar surface area (TPSA) is 122 Å². The molecule has 0 aliphatic carbocycles. The summed E-state index contributed by atoms with van der Waals surface area (Å²) < 4.78 is 10.4. The van der Waals surface area contributed by atoms with Crippen molar-refractivity contribution in [2.45, 2.75) is 24.9 Å². The summed E-state index contributed by atoms with van der Waals surface area (Å²) in [7, 11) is 0. The summed E-state index contributed by atoms with van der Waals surface area (Å²) in [5, 5.41) is 20.8. The van der Waals surface area contributed by atoms with Crippen LogP contribution in [0.3, 0.4) is 0 Å². The summed E-state index contributed by atoms with van der Waals surface area (Å²) >= 11 is 0. The Kier molecular flexibility index (Phi) is 2.12. The van der Waals surface area contributed by atoms with E-state index in [1.165, 1.54) is 0 Å². The minimum Gasteiger partial charge on any atom is -0.390 e. The Hall–Kier alpha value is -1.94. The molecule has 0 spiro atoms. The fourth-order valence-electron chi connectivity index (χ4n) is 1.89. The highest BCUT2D eigenvalue weighted by atomic mass is 16.7. The molecular weight excluding hydrogens is 234 g/mol. The van der Waals surface area contributed by atoms with E-state index >= 15 is 0 Å². The normalized spacial score (nSPS) is 31.8. The molecule has 2 saturated heterocycles. The SMILES string of the molecule is O=C1C[C@@H](n2nnc([N+](=O)[O-])n2)[C@H]2CO[C@@H]1O2. The van der Waals surface area contributed by atoms with Gasteiger partial charge in [0.2, 0.25) is 6.29 Å². The first-order valence-electron chi connectivity index (χ1n) is 4.89. The van der Waals surface area contributed by atoms with Gasteiger partial charge in [0.15, 0.2) is 5.78 Å². The van der Waals surface area contributed by atoms with Crippen molar-refractivity contribution in [3.05, 3.63) is 10.1 Å². The summed E-state index contributed by atoms with van der Waals surface area (Å²) in [6, 6.07) is -0.498. The Morgan fingerprint density at radius 3 is 3.06 bits per heavy atom. The predicted octanol–water partition coefficient (Wildman–Crippen LogP) is -1.16. The molecule has 3 atom stereocenters. The van der Waals surface area contributed by atoms with Crippen LogP contribution in [-0.4, -0.2) is 49.9 Å². The van der Waals surface area contributed by atoms with Crippen LogP contribution in [-0.2, 0) is 14.3 Å². The maximum absolute atomic E-state index is 11.5. The highest BCUT2D eigenvalue weighted by molar-refractivity contribution is 5.83. The Bertz CT molecular complexity index is 487. The summed E-state index contributed by atoms with van der Waals surface area (Å²) in [6.07, 6.45) is -1.05. The summed E-state index contributed by atoms with van der Waals surface area (Å²) in [5.74, 6) is -0.817. The maximum atomic E-state index is 11.5. The number of fused-ring (bicyclic) bond motifs is 2. The molecule has 90 valence electrons. The predicted molar refractivity (Wildman–Crippen MR) is 47.7 cm³/mol. The van der Waals surface area contributed by atoms with Crippen LogP contribution >= 0.6 is 0 Å². The van der Waals surface area contributed by atoms with Gasteiger partial charge in [-0.3, -0.25) is 4.79 Å². The molecule has 1 aromatic rings. The molecule has 0 unspecified atom stereocenters. The minimum absolute atomic E-state index is 0.128. The van der Waals surface area contributed by atoms with Gasteiger partial charge in [-0.25, -0.2) is 0 Å². The van der Waals surface area contributed by atoms with Gasteiger partial charge >= 0.3 is 5.95 Å². The second-order valence-corrected chi connectivity index (χ2v) is 3.74. The van der Waals surface area contributed by atoms with Crippen molar-refractivity contribution in [3.8, 4) is 0 Å². The molecule has 10 nitrogen and oxygen atoms in total. The lowest BCUT2D eigenvalue weighted by molar-refractivity contribution is -0.394. The highest BCUT2D eigenvalue weighted by Crippen LogP contribution is 2.31. The summed E-state index contributed by atoms with van der Waals surface area (Å²) in [4.78, 5) is 22.2. The van der Waals surface area contributed by atoms with Gasteiger partial charge in [0.05, 0.1) is 16.8 Å². The third-order valence-corrected chi connectivity index (χ3v) is 2.69. The van der Waals surface area contributed by atoms with E-state index < -0.39 is 23.2 Å². The quantitative estimate of drug-likeness (QED) is 0.469. The largest absolute Gasteiger partial charge is 0.514 e. The zero-order valence-corrected chi connectivity index (χ0v) is 8.42. The number of Topliss-reactive ketones (excluding diaryl/α,β-unsaturated/α-hetero) is 1. The third-order valence-electron chi connectivity index (χ3n) is 2.69. The maximum Gasteiger partial charge on any atom is 0.514 e. The number of nitro groups is 1. The average Bonchev–Trinajstić information content (AvgIpc) is 2.93. The Morgan fingerprint density at radius 1 is 1.53 bits per heavy atom. The lowest BCUT2D eigenvalue weighted by Crippen LogP contribution is -2.37. The number of hydrogen-bond acceptors (Lipinski definition) is 8. The van der Waals surface area contributed by atoms with E-state index in [1.807, 2.05) is 0 Å². The molecule has 3 rings (SSSR count). The first kappa shape index (κ1) is 10.2. The second kappa shape index (κ2) is 3.53. The van der Waals surface area contributed by atoms with Crippen LogP contribution in [0.2, 0.25) is 0 Å². The fourth-order valence-corrected chi connectivity index (χ4v) is 1.89. The lowest BCUT2D eigenvalue weighted by atomic mass is 10.0. The average molecular weight is 241 g/mol. The summed E-state index contributed by atoms with van der Waals surface area (Å²) in [5.41, 5.74) is 0. The minimum atomic E-state index is -0.810. The number of hydrogen-bond donors (Lipinski definition) is 0. The number of carbonyl (C=O) groups excluding carboxylic acids is 1. The van der Waals surface area contributed by atoms with E-state index in [0.29, 0.717) is 0 Å². The number of tetrazole rings is 1. The molecule has 2 bridgehead atoms. The molecule has 0 aromatic carbocycles. The van der Waals surface area contributed by atoms with Gasteiger partial charge in [0.25, 0.3) is 0 Å². The number of carbonyl (C=O) groups is 1. The third kappa shape index (κ3) is 1.57. The number of ether oxygens (including phenoxy) is 2. The van der Waals surface area contributed by atoms with E-state index in [4.69, 9.17) is 9.47 Å². The highest BCUT2D eigenvalue weighted by Gasteiger charge is 2.46. The zero-order chi connectivity index (χ0) is 12.0. The van der Waals surface area contributed by atoms with Crippen molar-refractivity contribution in [1.29, 1.82) is 0 Å². The number of rotatable bonds is 2. The van der Waals surface area contributed by atoms with Gasteiger partial charge in [-0.05, 0) is 4.92 Å². The van der Waals surface area contributed by atoms with Gasteiger partial charge < -0.3 is 19.6 Å².